The van der Waals surface area contributed by atoms with Gasteiger partial charge in [-0.2, -0.15) is 0 Å². The van der Waals surface area contributed by atoms with Crippen molar-refractivity contribution in [3.63, 3.8) is 0 Å². The van der Waals surface area contributed by atoms with E-state index in [0.717, 1.165) is 42.7 Å². The van der Waals surface area contributed by atoms with Crippen molar-refractivity contribution in [3.05, 3.63) is 65.7 Å². The molecule has 1 saturated heterocycles. The second-order valence-corrected chi connectivity index (χ2v) is 7.08. The molecule has 7 heteroatoms. The molecule has 150 valence electrons. The highest BCUT2D eigenvalue weighted by molar-refractivity contribution is 5.89. The number of carbonyl (C=O) groups excluding carboxylic acids is 2. The summed E-state index contributed by atoms with van der Waals surface area (Å²) in [6.45, 7) is 3.64. The second-order valence-electron chi connectivity index (χ2n) is 7.08. The number of amides is 3. The minimum Gasteiger partial charge on any atom is -0.350 e. The number of hydrogen-bond acceptors (Lipinski definition) is 3. The number of halogens is 1. The van der Waals surface area contributed by atoms with Crippen LogP contribution in [0, 0.1) is 0 Å². The fourth-order valence-corrected chi connectivity index (χ4v) is 3.16. The molecule has 28 heavy (non-hydrogen) atoms. The van der Waals surface area contributed by atoms with Crippen LogP contribution in [0.4, 0.5) is 10.5 Å². The van der Waals surface area contributed by atoms with Crippen LogP contribution in [0.2, 0.25) is 0 Å². The first-order chi connectivity index (χ1) is 13.0. The van der Waals surface area contributed by atoms with Gasteiger partial charge in [0.2, 0.25) is 5.91 Å². The molecule has 0 aliphatic carbocycles. The van der Waals surface area contributed by atoms with E-state index in [1.165, 1.54) is 0 Å². The third-order valence-electron chi connectivity index (χ3n) is 4.87. The molecule has 1 atom stereocenters. The van der Waals surface area contributed by atoms with E-state index in [4.69, 9.17) is 5.73 Å². The molecule has 1 aliphatic heterocycles. The van der Waals surface area contributed by atoms with E-state index in [0.29, 0.717) is 6.54 Å². The van der Waals surface area contributed by atoms with Crippen LogP contribution in [0.5, 0.6) is 0 Å². The first-order valence-electron chi connectivity index (χ1n) is 9.24. The topological polar surface area (TPSA) is 87.5 Å². The van der Waals surface area contributed by atoms with E-state index >= 15 is 0 Å². The predicted molar refractivity (Wildman–Crippen MR) is 113 cm³/mol. The lowest BCUT2D eigenvalue weighted by atomic mass is 9.92. The van der Waals surface area contributed by atoms with Crippen molar-refractivity contribution in [2.75, 3.05) is 18.4 Å². The van der Waals surface area contributed by atoms with Gasteiger partial charge in [-0.25, -0.2) is 4.79 Å². The van der Waals surface area contributed by atoms with Gasteiger partial charge in [0.25, 0.3) is 0 Å². The summed E-state index contributed by atoms with van der Waals surface area (Å²) in [5, 5.41) is 5.80. The Hall–Kier alpha value is -2.57. The third-order valence-corrected chi connectivity index (χ3v) is 4.87. The second kappa shape index (κ2) is 9.57. The van der Waals surface area contributed by atoms with Crippen molar-refractivity contribution in [2.45, 2.75) is 31.8 Å². The third kappa shape index (κ3) is 5.24. The van der Waals surface area contributed by atoms with E-state index in [1.54, 1.807) is 6.92 Å². The number of urea groups is 1. The SMILES string of the molecule is CC(N)(C(=O)NCc1cccc(NC(=O)N2CCCC2)c1)c1ccccc1.Cl. The summed E-state index contributed by atoms with van der Waals surface area (Å²) < 4.78 is 0. The Bertz CT molecular complexity index is 805. The molecule has 2 aromatic rings. The number of nitrogens with two attached hydrogens (primary N) is 1. The number of nitrogens with one attached hydrogen (secondary N) is 2. The average molecular weight is 403 g/mol. The zero-order valence-electron chi connectivity index (χ0n) is 16.0. The molecule has 1 heterocycles. The number of carbonyl (C=O) groups is 2. The molecule has 3 amide bonds. The maximum Gasteiger partial charge on any atom is 0.321 e. The summed E-state index contributed by atoms with van der Waals surface area (Å²) in [7, 11) is 0. The number of nitrogens with zero attached hydrogens (tertiary/aromatic N) is 1. The van der Waals surface area contributed by atoms with E-state index in [-0.39, 0.29) is 24.3 Å². The summed E-state index contributed by atoms with van der Waals surface area (Å²) in [4.78, 5) is 26.6. The van der Waals surface area contributed by atoms with Gasteiger partial charge >= 0.3 is 6.03 Å². The minimum atomic E-state index is -1.11. The summed E-state index contributed by atoms with van der Waals surface area (Å²) in [5.41, 5.74) is 7.50. The standard InChI is InChI=1S/C21H26N4O2.ClH/c1-21(22,17-9-3-2-4-10-17)19(26)23-15-16-8-7-11-18(14-16)24-20(27)25-12-5-6-13-25;/h2-4,7-11,14H,5-6,12-13,15,22H2,1H3,(H,23,26)(H,24,27);1H. The lowest BCUT2D eigenvalue weighted by Crippen LogP contribution is -2.48. The summed E-state index contributed by atoms with van der Waals surface area (Å²) in [6, 6.07) is 16.7. The van der Waals surface area contributed by atoms with E-state index < -0.39 is 5.54 Å². The molecule has 0 spiro atoms. The van der Waals surface area contributed by atoms with Gasteiger partial charge in [-0.05, 0) is 43.0 Å². The quantitative estimate of drug-likeness (QED) is 0.717. The van der Waals surface area contributed by atoms with Gasteiger partial charge in [0.15, 0.2) is 0 Å². The molecule has 3 rings (SSSR count). The largest absolute Gasteiger partial charge is 0.350 e. The molecule has 1 aliphatic rings. The van der Waals surface area contributed by atoms with Crippen molar-refractivity contribution in [1.82, 2.24) is 10.2 Å². The zero-order valence-corrected chi connectivity index (χ0v) is 16.8. The molecule has 0 radical (unpaired) electrons. The zero-order chi connectivity index (χ0) is 19.3. The van der Waals surface area contributed by atoms with Crippen molar-refractivity contribution in [2.24, 2.45) is 5.73 Å². The molecule has 2 aromatic carbocycles. The van der Waals surface area contributed by atoms with Crippen LogP contribution < -0.4 is 16.4 Å². The van der Waals surface area contributed by atoms with Crippen LogP contribution in [-0.4, -0.2) is 29.9 Å². The van der Waals surface area contributed by atoms with Crippen LogP contribution in [0.3, 0.4) is 0 Å². The molecular formula is C21H27ClN4O2. The van der Waals surface area contributed by atoms with Gasteiger partial charge in [-0.1, -0.05) is 42.5 Å². The minimum absolute atomic E-state index is 0. The monoisotopic (exact) mass is 402 g/mol. The van der Waals surface area contributed by atoms with E-state index in [9.17, 15) is 9.59 Å². The molecule has 1 fully saturated rings. The van der Waals surface area contributed by atoms with Crippen molar-refractivity contribution < 1.29 is 9.59 Å². The van der Waals surface area contributed by atoms with Crippen LogP contribution in [0.25, 0.3) is 0 Å². The van der Waals surface area contributed by atoms with Crippen LogP contribution in [0.15, 0.2) is 54.6 Å². The molecule has 6 nitrogen and oxygen atoms in total. The highest BCUT2D eigenvalue weighted by atomic mass is 35.5. The Labute approximate surface area is 171 Å². The maximum absolute atomic E-state index is 12.6. The Kier molecular flexibility index (Phi) is 7.43. The summed E-state index contributed by atoms with van der Waals surface area (Å²) >= 11 is 0. The molecular weight excluding hydrogens is 376 g/mol. The Morgan fingerprint density at radius 3 is 2.43 bits per heavy atom. The Balaban J connectivity index is 0.00000280. The molecule has 0 saturated carbocycles. The first kappa shape index (κ1) is 21.7. The van der Waals surface area contributed by atoms with E-state index in [1.807, 2.05) is 59.5 Å². The summed E-state index contributed by atoms with van der Waals surface area (Å²) in [5.74, 6) is -0.250. The van der Waals surface area contributed by atoms with Crippen molar-refractivity contribution in [3.8, 4) is 0 Å². The number of hydrogen-bond donors (Lipinski definition) is 3. The van der Waals surface area contributed by atoms with Gasteiger partial charge in [0.05, 0.1) is 0 Å². The van der Waals surface area contributed by atoms with Gasteiger partial charge < -0.3 is 21.3 Å². The van der Waals surface area contributed by atoms with E-state index in [2.05, 4.69) is 10.6 Å². The van der Waals surface area contributed by atoms with Crippen LogP contribution >= 0.6 is 12.4 Å². The van der Waals surface area contributed by atoms with Crippen LogP contribution in [-0.2, 0) is 16.9 Å². The average Bonchev–Trinajstić information content (AvgIpc) is 3.22. The smallest absolute Gasteiger partial charge is 0.321 e. The number of benzene rings is 2. The molecule has 0 aromatic heterocycles. The van der Waals surface area contributed by atoms with Gasteiger partial charge in [0.1, 0.15) is 5.54 Å². The Morgan fingerprint density at radius 1 is 1.07 bits per heavy atom. The molecule has 4 N–H and O–H groups in total. The summed E-state index contributed by atoms with van der Waals surface area (Å²) in [6.07, 6.45) is 2.11. The van der Waals surface area contributed by atoms with Crippen molar-refractivity contribution in [1.29, 1.82) is 0 Å². The maximum atomic E-state index is 12.6. The van der Waals surface area contributed by atoms with Crippen molar-refractivity contribution >= 4 is 30.0 Å². The highest BCUT2D eigenvalue weighted by Crippen LogP contribution is 2.18. The molecule has 1 unspecified atom stereocenters. The van der Waals surface area contributed by atoms with Gasteiger partial charge in [-0.15, -0.1) is 12.4 Å². The first-order valence-corrected chi connectivity index (χ1v) is 9.24. The van der Waals surface area contributed by atoms with Crippen LogP contribution in [0.1, 0.15) is 30.9 Å². The Morgan fingerprint density at radius 2 is 1.75 bits per heavy atom. The van der Waals surface area contributed by atoms with Gasteiger partial charge in [-0.3, -0.25) is 4.79 Å². The fourth-order valence-electron chi connectivity index (χ4n) is 3.16. The van der Waals surface area contributed by atoms with Gasteiger partial charge in [0, 0.05) is 25.3 Å². The predicted octanol–water partition coefficient (Wildman–Crippen LogP) is 3.23. The fraction of sp³-hybridized carbons (Fsp3) is 0.333. The number of anilines is 1. The lowest BCUT2D eigenvalue weighted by Gasteiger charge is -2.24. The lowest BCUT2D eigenvalue weighted by molar-refractivity contribution is -0.126. The number of likely N-dealkylation sites (tertiary alicyclic amines) is 1. The number of rotatable bonds is 5. The molecule has 0 bridgehead atoms. The highest BCUT2D eigenvalue weighted by Gasteiger charge is 2.30. The normalized spacial score (nSPS) is 15.3.